The molecule has 0 unspecified atom stereocenters. The van der Waals surface area contributed by atoms with E-state index < -0.39 is 11.9 Å². The van der Waals surface area contributed by atoms with Crippen LogP contribution in [0.5, 0.6) is 0 Å². The highest BCUT2D eigenvalue weighted by Crippen LogP contribution is 2.18. The van der Waals surface area contributed by atoms with E-state index >= 15 is 0 Å². The second-order valence-electron chi connectivity index (χ2n) is 2.72. The van der Waals surface area contributed by atoms with E-state index in [0.29, 0.717) is 11.8 Å². The SMILES string of the molecule is O=C(O)C=CC(=O)OOC1=CCCC1. The first-order valence-corrected chi connectivity index (χ1v) is 4.17. The number of rotatable bonds is 4. The van der Waals surface area contributed by atoms with Gasteiger partial charge in [0.15, 0.2) is 5.76 Å². The maximum Gasteiger partial charge on any atom is 0.379 e. The lowest BCUT2D eigenvalue weighted by atomic mass is 10.4. The van der Waals surface area contributed by atoms with Gasteiger partial charge in [0.1, 0.15) is 0 Å². The lowest BCUT2D eigenvalue weighted by molar-refractivity contribution is -0.242. The van der Waals surface area contributed by atoms with Crippen molar-refractivity contribution in [2.45, 2.75) is 19.3 Å². The largest absolute Gasteiger partial charge is 0.478 e. The Morgan fingerprint density at radius 3 is 2.79 bits per heavy atom. The summed E-state index contributed by atoms with van der Waals surface area (Å²) in [6, 6.07) is 0. The monoisotopic (exact) mass is 198 g/mol. The second-order valence-corrected chi connectivity index (χ2v) is 2.72. The average molecular weight is 198 g/mol. The average Bonchev–Trinajstić information content (AvgIpc) is 2.63. The van der Waals surface area contributed by atoms with Crippen LogP contribution >= 0.6 is 0 Å². The van der Waals surface area contributed by atoms with Crippen LogP contribution in [0.15, 0.2) is 24.0 Å². The zero-order valence-corrected chi connectivity index (χ0v) is 7.43. The van der Waals surface area contributed by atoms with E-state index in [1.807, 2.05) is 6.08 Å². The van der Waals surface area contributed by atoms with Crippen molar-refractivity contribution in [3.8, 4) is 0 Å². The molecule has 5 nitrogen and oxygen atoms in total. The Labute approximate surface area is 80.5 Å². The number of carbonyl (C=O) groups is 2. The molecule has 0 bridgehead atoms. The minimum atomic E-state index is -1.21. The molecule has 0 radical (unpaired) electrons. The zero-order chi connectivity index (χ0) is 10.4. The smallest absolute Gasteiger partial charge is 0.379 e. The van der Waals surface area contributed by atoms with Gasteiger partial charge in [-0.05, 0) is 18.9 Å². The van der Waals surface area contributed by atoms with Gasteiger partial charge in [0.05, 0.1) is 0 Å². The van der Waals surface area contributed by atoms with Crippen molar-refractivity contribution < 1.29 is 24.5 Å². The molecule has 0 heterocycles. The number of carboxylic acids is 1. The lowest BCUT2D eigenvalue weighted by Crippen LogP contribution is -2.02. The van der Waals surface area contributed by atoms with Crippen molar-refractivity contribution >= 4 is 11.9 Å². The van der Waals surface area contributed by atoms with Gasteiger partial charge in [-0.2, -0.15) is 0 Å². The molecule has 14 heavy (non-hydrogen) atoms. The molecule has 0 amide bonds. The van der Waals surface area contributed by atoms with Gasteiger partial charge in [-0.1, -0.05) is 0 Å². The van der Waals surface area contributed by atoms with E-state index in [1.165, 1.54) is 0 Å². The van der Waals surface area contributed by atoms with Gasteiger partial charge in [-0.3, -0.25) is 4.89 Å². The summed E-state index contributed by atoms with van der Waals surface area (Å²) < 4.78 is 0. The summed E-state index contributed by atoms with van der Waals surface area (Å²) in [7, 11) is 0. The van der Waals surface area contributed by atoms with Crippen LogP contribution in [0.2, 0.25) is 0 Å². The molecule has 1 N–H and O–H groups in total. The van der Waals surface area contributed by atoms with E-state index in [0.717, 1.165) is 25.3 Å². The van der Waals surface area contributed by atoms with E-state index in [-0.39, 0.29) is 0 Å². The molecule has 0 saturated carbocycles. The summed E-state index contributed by atoms with van der Waals surface area (Å²) in [5.41, 5.74) is 0. The first-order valence-electron chi connectivity index (χ1n) is 4.17. The lowest BCUT2D eigenvalue weighted by Gasteiger charge is -2.01. The number of aliphatic carboxylic acids is 1. The topological polar surface area (TPSA) is 72.8 Å². The van der Waals surface area contributed by atoms with E-state index in [1.54, 1.807) is 0 Å². The van der Waals surface area contributed by atoms with Gasteiger partial charge in [0.25, 0.3) is 0 Å². The van der Waals surface area contributed by atoms with Crippen molar-refractivity contribution in [2.75, 3.05) is 0 Å². The van der Waals surface area contributed by atoms with Crippen molar-refractivity contribution in [3.05, 3.63) is 24.0 Å². The fraction of sp³-hybridized carbons (Fsp3) is 0.333. The molecule has 76 valence electrons. The molecule has 0 aromatic heterocycles. The summed E-state index contributed by atoms with van der Waals surface area (Å²) in [4.78, 5) is 29.8. The summed E-state index contributed by atoms with van der Waals surface area (Å²) in [5, 5.41) is 8.20. The van der Waals surface area contributed by atoms with Crippen LogP contribution in [-0.2, 0) is 19.4 Å². The Kier molecular flexibility index (Phi) is 3.72. The summed E-state index contributed by atoms with van der Waals surface area (Å²) in [6.45, 7) is 0. The molecular formula is C9H10O5. The van der Waals surface area contributed by atoms with E-state index in [2.05, 4.69) is 9.78 Å². The minimum absolute atomic E-state index is 0.613. The highest BCUT2D eigenvalue weighted by molar-refractivity contribution is 5.90. The fourth-order valence-corrected chi connectivity index (χ4v) is 0.979. The Morgan fingerprint density at radius 1 is 1.43 bits per heavy atom. The van der Waals surface area contributed by atoms with Gasteiger partial charge in [0, 0.05) is 18.6 Å². The van der Waals surface area contributed by atoms with Gasteiger partial charge < -0.3 is 5.11 Å². The maximum absolute atomic E-state index is 10.8. The molecule has 0 aliphatic heterocycles. The van der Waals surface area contributed by atoms with Crippen LogP contribution in [0.3, 0.4) is 0 Å². The van der Waals surface area contributed by atoms with E-state index in [4.69, 9.17) is 5.11 Å². The summed E-state index contributed by atoms with van der Waals surface area (Å²) in [6.07, 6.45) is 5.95. The Bertz CT molecular complexity index is 290. The van der Waals surface area contributed by atoms with E-state index in [9.17, 15) is 9.59 Å². The van der Waals surface area contributed by atoms with Crippen molar-refractivity contribution in [1.29, 1.82) is 0 Å². The molecule has 1 aliphatic rings. The highest BCUT2D eigenvalue weighted by atomic mass is 17.2. The number of carboxylic acid groups (broad SMARTS) is 1. The number of hydrogen-bond donors (Lipinski definition) is 1. The van der Waals surface area contributed by atoms with Crippen molar-refractivity contribution in [1.82, 2.24) is 0 Å². The Hall–Kier alpha value is -1.78. The quantitative estimate of drug-likeness (QED) is 0.417. The molecule has 0 aromatic rings. The van der Waals surface area contributed by atoms with Crippen LogP contribution in [-0.4, -0.2) is 17.0 Å². The first-order chi connectivity index (χ1) is 6.68. The van der Waals surface area contributed by atoms with Crippen LogP contribution in [0, 0.1) is 0 Å². The van der Waals surface area contributed by atoms with Gasteiger partial charge in [-0.25, -0.2) is 14.5 Å². The van der Waals surface area contributed by atoms with Gasteiger partial charge in [-0.15, -0.1) is 0 Å². The molecule has 1 rings (SSSR count). The minimum Gasteiger partial charge on any atom is -0.478 e. The standard InChI is InChI=1S/C9H10O5/c10-8(11)5-6-9(12)14-13-7-3-1-2-4-7/h3,5-6H,1-2,4H2,(H,10,11). The highest BCUT2D eigenvalue weighted by Gasteiger charge is 2.08. The normalized spacial score (nSPS) is 15.3. The Morgan fingerprint density at radius 2 is 2.21 bits per heavy atom. The van der Waals surface area contributed by atoms with Gasteiger partial charge >= 0.3 is 11.9 Å². The number of hydrogen-bond acceptors (Lipinski definition) is 4. The molecule has 0 fully saturated rings. The molecule has 1 aliphatic carbocycles. The second kappa shape index (κ2) is 5.06. The third kappa shape index (κ3) is 3.75. The molecule has 0 saturated heterocycles. The third-order valence-corrected chi connectivity index (χ3v) is 1.59. The molecular weight excluding hydrogens is 188 g/mol. The molecule has 0 spiro atoms. The fourth-order valence-electron chi connectivity index (χ4n) is 0.979. The van der Waals surface area contributed by atoms with Gasteiger partial charge in [0.2, 0.25) is 0 Å². The molecule has 5 heteroatoms. The predicted octanol–water partition coefficient (Wildman–Crippen LogP) is 1.17. The molecule has 0 aromatic carbocycles. The molecule has 0 atom stereocenters. The zero-order valence-electron chi connectivity index (χ0n) is 7.43. The van der Waals surface area contributed by atoms with Crippen molar-refractivity contribution in [3.63, 3.8) is 0 Å². The van der Waals surface area contributed by atoms with Crippen LogP contribution in [0.1, 0.15) is 19.3 Å². The summed E-state index contributed by atoms with van der Waals surface area (Å²) >= 11 is 0. The van der Waals surface area contributed by atoms with Crippen LogP contribution in [0.25, 0.3) is 0 Å². The predicted molar refractivity (Wildman–Crippen MR) is 45.9 cm³/mol. The Balaban J connectivity index is 2.24. The van der Waals surface area contributed by atoms with Crippen LogP contribution < -0.4 is 0 Å². The maximum atomic E-state index is 10.8. The summed E-state index contributed by atoms with van der Waals surface area (Å²) in [5.74, 6) is -1.43. The third-order valence-electron chi connectivity index (χ3n) is 1.59. The number of carbonyl (C=O) groups excluding carboxylic acids is 1. The van der Waals surface area contributed by atoms with Crippen molar-refractivity contribution in [2.24, 2.45) is 0 Å². The van der Waals surface area contributed by atoms with Crippen LogP contribution in [0.4, 0.5) is 0 Å². The first kappa shape index (κ1) is 10.3. The number of allylic oxidation sites excluding steroid dienone is 2.